The number of amides is 2. The van der Waals surface area contributed by atoms with Crippen LogP contribution in [0.4, 0.5) is 5.69 Å². The number of ether oxygens (including phenoxy) is 1. The van der Waals surface area contributed by atoms with Crippen molar-refractivity contribution < 1.29 is 22.7 Å². The zero-order valence-electron chi connectivity index (χ0n) is 23.5. The number of rotatable bonds is 11. The summed E-state index contributed by atoms with van der Waals surface area (Å²) in [6.07, 6.45) is 3.94. The van der Waals surface area contributed by atoms with Gasteiger partial charge in [-0.1, -0.05) is 60.3 Å². The van der Waals surface area contributed by atoms with E-state index in [9.17, 15) is 18.0 Å². The smallest absolute Gasteiger partial charge is 0.264 e. The van der Waals surface area contributed by atoms with Gasteiger partial charge in [-0.25, -0.2) is 8.42 Å². The van der Waals surface area contributed by atoms with E-state index in [-0.39, 0.29) is 29.1 Å². The number of nitrogens with zero attached hydrogens (tertiary/aromatic N) is 2. The highest BCUT2D eigenvalue weighted by molar-refractivity contribution is 7.92. The average molecular weight is 598 g/mol. The van der Waals surface area contributed by atoms with Crippen LogP contribution in [0.2, 0.25) is 5.02 Å². The highest BCUT2D eigenvalue weighted by atomic mass is 35.5. The molecule has 0 aliphatic heterocycles. The van der Waals surface area contributed by atoms with Crippen LogP contribution < -0.4 is 14.4 Å². The molecule has 0 radical (unpaired) electrons. The number of hydrogen-bond donors (Lipinski definition) is 1. The summed E-state index contributed by atoms with van der Waals surface area (Å²) >= 11 is 6.23. The lowest BCUT2D eigenvalue weighted by Crippen LogP contribution is -2.52. The minimum Gasteiger partial charge on any atom is -0.497 e. The van der Waals surface area contributed by atoms with Crippen LogP contribution >= 0.6 is 11.6 Å². The Morgan fingerprint density at radius 2 is 1.71 bits per heavy atom. The molecule has 0 aromatic heterocycles. The number of hydrogen-bond acceptors (Lipinski definition) is 5. The quantitative estimate of drug-likeness (QED) is 0.322. The molecule has 218 valence electrons. The zero-order valence-corrected chi connectivity index (χ0v) is 25.1. The molecule has 1 fully saturated rings. The second kappa shape index (κ2) is 13.4. The molecule has 0 heterocycles. The summed E-state index contributed by atoms with van der Waals surface area (Å²) in [5.41, 5.74) is 2.09. The molecule has 1 N–H and O–H groups in total. The average Bonchev–Trinajstić information content (AvgIpc) is 3.47. The Morgan fingerprint density at radius 1 is 1.02 bits per heavy atom. The van der Waals surface area contributed by atoms with Crippen LogP contribution in [-0.2, 0) is 26.2 Å². The zero-order chi connectivity index (χ0) is 29.6. The summed E-state index contributed by atoms with van der Waals surface area (Å²) in [5, 5.41) is 3.40. The molecule has 10 heteroatoms. The van der Waals surface area contributed by atoms with Crippen LogP contribution in [0.25, 0.3) is 0 Å². The van der Waals surface area contributed by atoms with E-state index in [4.69, 9.17) is 16.3 Å². The van der Waals surface area contributed by atoms with Crippen LogP contribution in [0.5, 0.6) is 5.75 Å². The minimum absolute atomic E-state index is 0.0108. The highest BCUT2D eigenvalue weighted by Crippen LogP contribution is 2.28. The number of aryl methyl sites for hydroxylation is 1. The summed E-state index contributed by atoms with van der Waals surface area (Å²) in [6, 6.07) is 19.2. The van der Waals surface area contributed by atoms with E-state index in [0.717, 1.165) is 41.1 Å². The molecule has 0 saturated heterocycles. The van der Waals surface area contributed by atoms with Gasteiger partial charge in [-0.3, -0.25) is 13.9 Å². The molecular weight excluding hydrogens is 562 g/mol. The summed E-state index contributed by atoms with van der Waals surface area (Å²) in [7, 11) is -2.70. The molecule has 1 aliphatic carbocycles. The van der Waals surface area contributed by atoms with Crippen molar-refractivity contribution in [3.63, 3.8) is 0 Å². The maximum Gasteiger partial charge on any atom is 0.264 e. The molecule has 0 spiro atoms. The van der Waals surface area contributed by atoms with E-state index in [1.54, 1.807) is 37.3 Å². The molecule has 0 unspecified atom stereocenters. The van der Waals surface area contributed by atoms with E-state index in [2.05, 4.69) is 5.32 Å². The van der Waals surface area contributed by atoms with Gasteiger partial charge in [-0.15, -0.1) is 0 Å². The molecule has 2 amide bonds. The first kappa shape index (κ1) is 30.4. The Kier molecular flexibility index (Phi) is 9.94. The third kappa shape index (κ3) is 7.59. The van der Waals surface area contributed by atoms with Gasteiger partial charge < -0.3 is 15.0 Å². The van der Waals surface area contributed by atoms with Crippen molar-refractivity contribution in [2.24, 2.45) is 0 Å². The van der Waals surface area contributed by atoms with Gasteiger partial charge in [0, 0.05) is 17.6 Å². The number of carbonyl (C=O) groups excluding carboxylic acids is 2. The second-order valence-electron chi connectivity index (χ2n) is 10.3. The third-order valence-corrected chi connectivity index (χ3v) is 9.35. The van der Waals surface area contributed by atoms with E-state index in [1.807, 2.05) is 31.2 Å². The molecule has 3 aromatic carbocycles. The van der Waals surface area contributed by atoms with E-state index < -0.39 is 28.5 Å². The molecule has 1 atom stereocenters. The second-order valence-corrected chi connectivity index (χ2v) is 12.6. The Balaban J connectivity index is 1.69. The largest absolute Gasteiger partial charge is 0.497 e. The highest BCUT2D eigenvalue weighted by Gasteiger charge is 2.33. The van der Waals surface area contributed by atoms with Gasteiger partial charge in [0.25, 0.3) is 10.0 Å². The number of halogens is 1. The molecule has 3 aromatic rings. The van der Waals surface area contributed by atoms with Gasteiger partial charge in [0.05, 0.1) is 17.7 Å². The van der Waals surface area contributed by atoms with Gasteiger partial charge in [-0.05, 0) is 74.7 Å². The normalized spacial score (nSPS) is 14.3. The monoisotopic (exact) mass is 597 g/mol. The van der Waals surface area contributed by atoms with Gasteiger partial charge in [0.1, 0.15) is 18.3 Å². The first-order valence-corrected chi connectivity index (χ1v) is 15.5. The van der Waals surface area contributed by atoms with Crippen LogP contribution in [0.15, 0.2) is 77.7 Å². The number of benzene rings is 3. The predicted octanol–water partition coefficient (Wildman–Crippen LogP) is 5.33. The van der Waals surface area contributed by atoms with Crippen molar-refractivity contribution in [1.29, 1.82) is 0 Å². The fourth-order valence-electron chi connectivity index (χ4n) is 5.02. The van der Waals surface area contributed by atoms with E-state index in [0.29, 0.717) is 10.8 Å². The van der Waals surface area contributed by atoms with Crippen LogP contribution in [-0.4, -0.2) is 50.9 Å². The van der Waals surface area contributed by atoms with Gasteiger partial charge >= 0.3 is 0 Å². The van der Waals surface area contributed by atoms with Gasteiger partial charge in [0.2, 0.25) is 11.8 Å². The lowest BCUT2D eigenvalue weighted by Gasteiger charge is -2.32. The molecule has 1 saturated carbocycles. The lowest BCUT2D eigenvalue weighted by molar-refractivity contribution is -0.139. The summed E-state index contributed by atoms with van der Waals surface area (Å²) in [6.45, 7) is 3.25. The van der Waals surface area contributed by atoms with Crippen LogP contribution in [0.3, 0.4) is 0 Å². The van der Waals surface area contributed by atoms with E-state index in [1.165, 1.54) is 30.2 Å². The molecule has 0 bridgehead atoms. The third-order valence-electron chi connectivity index (χ3n) is 7.33. The summed E-state index contributed by atoms with van der Waals surface area (Å²) in [5.74, 6) is -0.274. The Labute approximate surface area is 247 Å². The molecule has 4 rings (SSSR count). The van der Waals surface area contributed by atoms with Crippen molar-refractivity contribution in [2.45, 2.75) is 63.1 Å². The Bertz CT molecular complexity index is 1470. The maximum absolute atomic E-state index is 14.0. The summed E-state index contributed by atoms with van der Waals surface area (Å²) < 4.78 is 34.1. The van der Waals surface area contributed by atoms with Crippen LogP contribution in [0.1, 0.15) is 43.7 Å². The lowest BCUT2D eigenvalue weighted by atomic mass is 10.1. The van der Waals surface area contributed by atoms with Gasteiger partial charge in [-0.2, -0.15) is 0 Å². The first-order valence-electron chi connectivity index (χ1n) is 13.7. The van der Waals surface area contributed by atoms with Crippen molar-refractivity contribution in [1.82, 2.24) is 10.2 Å². The first-order chi connectivity index (χ1) is 19.6. The number of nitrogens with one attached hydrogen (secondary N) is 1. The van der Waals surface area contributed by atoms with Crippen molar-refractivity contribution in [3.8, 4) is 5.75 Å². The number of carbonyl (C=O) groups is 2. The van der Waals surface area contributed by atoms with Crippen LogP contribution in [0, 0.1) is 6.92 Å². The fraction of sp³-hybridized carbons (Fsp3) is 0.355. The molecule has 41 heavy (non-hydrogen) atoms. The number of methoxy groups -OCH3 is 1. The predicted molar refractivity (Wildman–Crippen MR) is 161 cm³/mol. The summed E-state index contributed by atoms with van der Waals surface area (Å²) in [4.78, 5) is 28.8. The number of sulfonamides is 1. The molecule has 8 nitrogen and oxygen atoms in total. The van der Waals surface area contributed by atoms with Gasteiger partial charge in [0.15, 0.2) is 0 Å². The fourth-order valence-corrected chi connectivity index (χ4v) is 6.61. The topological polar surface area (TPSA) is 96.0 Å². The Hall–Kier alpha value is -3.56. The van der Waals surface area contributed by atoms with Crippen molar-refractivity contribution in [3.05, 3.63) is 88.9 Å². The molecule has 1 aliphatic rings. The maximum atomic E-state index is 14.0. The van der Waals surface area contributed by atoms with E-state index >= 15 is 0 Å². The Morgan fingerprint density at radius 3 is 2.34 bits per heavy atom. The molecular formula is C31H36ClN3O5S. The standard InChI is InChI=1S/C31H36ClN3O5S/c1-22-8-6-9-24(18-22)20-34(23(2)31(37)33-26-11-4-5-12-26)30(36)21-35(27-13-7-10-25(32)19-27)41(38,39)29-16-14-28(40-3)15-17-29/h6-10,13-19,23,26H,4-5,11-12,20-21H2,1-3H3,(H,33,37)/t23-/m0/s1. The number of anilines is 1. The van der Waals surface area contributed by atoms with Crippen molar-refractivity contribution in [2.75, 3.05) is 18.0 Å². The van der Waals surface area contributed by atoms with Crippen molar-refractivity contribution >= 4 is 39.1 Å². The minimum atomic E-state index is -4.20. The SMILES string of the molecule is COc1ccc(S(=O)(=O)N(CC(=O)N(Cc2cccc(C)c2)[C@@H](C)C(=O)NC2CCCC2)c2cccc(Cl)c2)cc1.